The molecular weight excluding hydrogens is 376 g/mol. The Morgan fingerprint density at radius 3 is 2.57 bits per heavy atom. The predicted octanol–water partition coefficient (Wildman–Crippen LogP) is 2.92. The average Bonchev–Trinajstić information content (AvgIpc) is 3.17. The fourth-order valence-corrected chi connectivity index (χ4v) is 3.96. The van der Waals surface area contributed by atoms with Gasteiger partial charge in [0, 0.05) is 55.3 Å². The number of anilines is 3. The molecule has 0 atom stereocenters. The molecule has 4 heterocycles. The summed E-state index contributed by atoms with van der Waals surface area (Å²) in [6, 6.07) is 10.6. The van der Waals surface area contributed by atoms with Gasteiger partial charge in [-0.15, -0.1) is 0 Å². The van der Waals surface area contributed by atoms with Crippen LogP contribution in [-0.2, 0) is 0 Å². The van der Waals surface area contributed by atoms with Crippen molar-refractivity contribution < 1.29 is 0 Å². The summed E-state index contributed by atoms with van der Waals surface area (Å²) in [5.41, 5.74) is 5.76. The average molecular weight is 398 g/mol. The smallest absolute Gasteiger partial charge is 0.229 e. The second-order valence-corrected chi connectivity index (χ2v) is 7.53. The molecule has 0 saturated carbocycles. The molecule has 2 N–H and O–H groups in total. The lowest BCUT2D eigenvalue weighted by Gasteiger charge is -2.29. The molecule has 30 heavy (non-hydrogen) atoms. The molecule has 1 aliphatic rings. The summed E-state index contributed by atoms with van der Waals surface area (Å²) < 4.78 is 1.87. The van der Waals surface area contributed by atoms with Gasteiger partial charge < -0.3 is 15.5 Å². The summed E-state index contributed by atoms with van der Waals surface area (Å²) in [6.45, 7) is 7.89. The maximum atomic E-state index is 9.59. The quantitative estimate of drug-likeness (QED) is 0.548. The second kappa shape index (κ2) is 7.28. The summed E-state index contributed by atoms with van der Waals surface area (Å²) in [5, 5.41) is 17.1. The van der Waals surface area contributed by atoms with Gasteiger partial charge in [-0.05, 0) is 43.7 Å². The molecule has 3 aromatic heterocycles. The molecule has 1 aromatic carbocycles. The molecule has 0 aliphatic carbocycles. The highest BCUT2D eigenvalue weighted by atomic mass is 15.2. The standard InChI is InChI=1S/C22H22N8/c1-14-13-30-20(26-14)18(11-23)15(2)19-12-25-22(28-21(19)30)27-16-3-5-17(6-4-16)29-9-7-24-8-10-29/h3-6,12-13,24H,7-10H2,1-2H3,(H,25,27,28). The molecule has 0 unspecified atom stereocenters. The zero-order valence-corrected chi connectivity index (χ0v) is 17.0. The molecular formula is C22H22N8. The van der Waals surface area contributed by atoms with Crippen LogP contribution in [0.4, 0.5) is 17.3 Å². The number of imidazole rings is 1. The van der Waals surface area contributed by atoms with Crippen molar-refractivity contribution in [3.8, 4) is 6.07 Å². The van der Waals surface area contributed by atoms with E-state index in [1.165, 1.54) is 5.69 Å². The van der Waals surface area contributed by atoms with Gasteiger partial charge in [-0.2, -0.15) is 10.2 Å². The molecule has 1 aliphatic heterocycles. The molecule has 0 bridgehead atoms. The first-order chi connectivity index (χ1) is 14.6. The van der Waals surface area contributed by atoms with E-state index in [4.69, 9.17) is 4.98 Å². The van der Waals surface area contributed by atoms with Crippen LogP contribution in [0.25, 0.3) is 16.7 Å². The number of aromatic nitrogens is 4. The first kappa shape index (κ1) is 18.3. The van der Waals surface area contributed by atoms with Gasteiger partial charge in [0.25, 0.3) is 0 Å². The highest BCUT2D eigenvalue weighted by Gasteiger charge is 2.16. The number of pyridine rings is 1. The van der Waals surface area contributed by atoms with E-state index in [1.807, 2.05) is 36.6 Å². The van der Waals surface area contributed by atoms with Crippen molar-refractivity contribution in [1.29, 1.82) is 5.26 Å². The van der Waals surface area contributed by atoms with Gasteiger partial charge in [0.05, 0.1) is 11.3 Å². The van der Waals surface area contributed by atoms with Crippen LogP contribution in [0.3, 0.4) is 0 Å². The van der Waals surface area contributed by atoms with E-state index < -0.39 is 0 Å². The van der Waals surface area contributed by atoms with Crippen molar-refractivity contribution >= 4 is 34.0 Å². The molecule has 8 nitrogen and oxygen atoms in total. The Hall–Kier alpha value is -3.70. The van der Waals surface area contributed by atoms with Gasteiger partial charge in [-0.3, -0.25) is 4.40 Å². The third-order valence-electron chi connectivity index (χ3n) is 5.54. The maximum absolute atomic E-state index is 9.59. The van der Waals surface area contributed by atoms with E-state index in [9.17, 15) is 5.26 Å². The molecule has 5 rings (SSSR count). The number of fused-ring (bicyclic) bond motifs is 3. The van der Waals surface area contributed by atoms with Gasteiger partial charge in [0.15, 0.2) is 11.3 Å². The monoisotopic (exact) mass is 398 g/mol. The molecule has 150 valence electrons. The van der Waals surface area contributed by atoms with Gasteiger partial charge in [-0.1, -0.05) is 0 Å². The van der Waals surface area contributed by atoms with E-state index in [0.717, 1.165) is 54.2 Å². The minimum atomic E-state index is 0.509. The van der Waals surface area contributed by atoms with Crippen LogP contribution < -0.4 is 15.5 Å². The van der Waals surface area contributed by atoms with Crippen LogP contribution in [0.5, 0.6) is 0 Å². The van der Waals surface area contributed by atoms with Crippen LogP contribution in [0, 0.1) is 25.2 Å². The number of nitrogens with one attached hydrogen (secondary N) is 2. The van der Waals surface area contributed by atoms with Crippen LogP contribution in [-0.4, -0.2) is 45.5 Å². The fourth-order valence-electron chi connectivity index (χ4n) is 3.96. The van der Waals surface area contributed by atoms with E-state index in [1.54, 1.807) is 6.20 Å². The van der Waals surface area contributed by atoms with E-state index in [2.05, 4.69) is 43.7 Å². The zero-order chi connectivity index (χ0) is 20.7. The summed E-state index contributed by atoms with van der Waals surface area (Å²) in [7, 11) is 0. The number of benzene rings is 1. The van der Waals surface area contributed by atoms with Crippen molar-refractivity contribution in [2.24, 2.45) is 0 Å². The Labute approximate surface area is 174 Å². The molecule has 4 aromatic rings. The Kier molecular flexibility index (Phi) is 4.45. The van der Waals surface area contributed by atoms with Crippen LogP contribution in [0.1, 0.15) is 16.8 Å². The summed E-state index contributed by atoms with van der Waals surface area (Å²) >= 11 is 0. The summed E-state index contributed by atoms with van der Waals surface area (Å²) in [5.74, 6) is 0.509. The SMILES string of the molecule is Cc1cn2c(n1)c(C#N)c(C)c1cnc(Nc3ccc(N4CCNCC4)cc3)nc12. The Bertz CT molecular complexity index is 1280. The normalized spacial score (nSPS) is 14.2. The second-order valence-electron chi connectivity index (χ2n) is 7.53. The Balaban J connectivity index is 1.49. The van der Waals surface area contributed by atoms with Gasteiger partial charge in [0.1, 0.15) is 6.07 Å². The lowest BCUT2D eigenvalue weighted by atomic mass is 10.1. The first-order valence-corrected chi connectivity index (χ1v) is 10.0. The Morgan fingerprint density at radius 2 is 1.83 bits per heavy atom. The van der Waals surface area contributed by atoms with Crippen molar-refractivity contribution in [2.45, 2.75) is 13.8 Å². The lowest BCUT2D eigenvalue weighted by molar-refractivity contribution is 0.589. The predicted molar refractivity (Wildman–Crippen MR) is 117 cm³/mol. The third kappa shape index (κ3) is 3.09. The molecule has 1 fully saturated rings. The van der Waals surface area contributed by atoms with E-state index in [-0.39, 0.29) is 0 Å². The topological polar surface area (TPSA) is 94.2 Å². The fraction of sp³-hybridized carbons (Fsp3) is 0.273. The largest absolute Gasteiger partial charge is 0.369 e. The van der Waals surface area contributed by atoms with Crippen molar-refractivity contribution in [3.05, 3.63) is 53.5 Å². The zero-order valence-electron chi connectivity index (χ0n) is 17.0. The number of nitrogens with zero attached hydrogens (tertiary/aromatic N) is 6. The van der Waals surface area contributed by atoms with Crippen molar-refractivity contribution in [1.82, 2.24) is 24.7 Å². The molecule has 8 heteroatoms. The van der Waals surface area contributed by atoms with Crippen LogP contribution in [0.2, 0.25) is 0 Å². The highest BCUT2D eigenvalue weighted by Crippen LogP contribution is 2.26. The number of piperazine rings is 1. The summed E-state index contributed by atoms with van der Waals surface area (Å²) in [6.07, 6.45) is 3.67. The van der Waals surface area contributed by atoms with E-state index in [0.29, 0.717) is 17.2 Å². The Morgan fingerprint density at radius 1 is 1.07 bits per heavy atom. The number of hydrogen-bond donors (Lipinski definition) is 2. The number of nitriles is 1. The molecule has 0 amide bonds. The molecule has 1 saturated heterocycles. The summed E-state index contributed by atoms with van der Waals surface area (Å²) in [4.78, 5) is 16.1. The number of hydrogen-bond acceptors (Lipinski definition) is 7. The van der Waals surface area contributed by atoms with Crippen molar-refractivity contribution in [3.63, 3.8) is 0 Å². The maximum Gasteiger partial charge on any atom is 0.229 e. The minimum Gasteiger partial charge on any atom is -0.369 e. The minimum absolute atomic E-state index is 0.509. The first-order valence-electron chi connectivity index (χ1n) is 10.0. The van der Waals surface area contributed by atoms with Gasteiger partial charge >= 0.3 is 0 Å². The molecule has 0 radical (unpaired) electrons. The number of rotatable bonds is 3. The van der Waals surface area contributed by atoms with Gasteiger partial charge in [0.2, 0.25) is 5.95 Å². The van der Waals surface area contributed by atoms with Crippen molar-refractivity contribution in [2.75, 3.05) is 36.4 Å². The number of aryl methyl sites for hydroxylation is 2. The van der Waals surface area contributed by atoms with Crippen LogP contribution >= 0.6 is 0 Å². The van der Waals surface area contributed by atoms with E-state index >= 15 is 0 Å². The van der Waals surface area contributed by atoms with Gasteiger partial charge in [-0.25, -0.2) is 9.97 Å². The molecule has 0 spiro atoms. The lowest BCUT2D eigenvalue weighted by Crippen LogP contribution is -2.43. The highest BCUT2D eigenvalue weighted by molar-refractivity contribution is 5.86. The van der Waals surface area contributed by atoms with Crippen LogP contribution in [0.15, 0.2) is 36.7 Å². The third-order valence-corrected chi connectivity index (χ3v) is 5.54.